The average molecular weight is 409 g/mol. The second-order valence-corrected chi connectivity index (χ2v) is 6.27. The zero-order valence-corrected chi connectivity index (χ0v) is 15.9. The third-order valence-electron chi connectivity index (χ3n) is 3.70. The highest BCUT2D eigenvalue weighted by Crippen LogP contribution is 2.27. The predicted molar refractivity (Wildman–Crippen MR) is 108 cm³/mol. The molecule has 0 aliphatic heterocycles. The molecule has 0 aromatic heterocycles. The van der Waals surface area contributed by atoms with E-state index in [9.17, 15) is 4.79 Å². The van der Waals surface area contributed by atoms with Gasteiger partial charge in [-0.05, 0) is 54.1 Å². The molecular weight excluding hydrogens is 393 g/mol. The first-order valence-corrected chi connectivity index (χ1v) is 8.38. The van der Waals surface area contributed by atoms with Crippen LogP contribution in [0.2, 0.25) is 10.0 Å². The molecule has 0 heterocycles. The second-order valence-electron chi connectivity index (χ2n) is 5.45. The number of hydrogen-bond donors (Lipinski definition) is 1. The van der Waals surface area contributed by atoms with Crippen molar-refractivity contribution in [3.05, 3.63) is 94.0 Å². The first kappa shape index (κ1) is 20.3. The summed E-state index contributed by atoms with van der Waals surface area (Å²) in [7, 11) is 0. The van der Waals surface area contributed by atoms with E-state index < -0.39 is 6.04 Å². The summed E-state index contributed by atoms with van der Waals surface area (Å²) >= 11 is 11.9. The van der Waals surface area contributed by atoms with E-state index in [-0.39, 0.29) is 18.2 Å². The summed E-state index contributed by atoms with van der Waals surface area (Å²) in [6, 6.07) is 20.4. The van der Waals surface area contributed by atoms with Gasteiger partial charge in [-0.2, -0.15) is 0 Å². The Kier molecular flexibility index (Phi) is 7.06. The normalized spacial score (nSPS) is 11.3. The minimum Gasteiger partial charge on any atom is -0.457 e. The fourth-order valence-electron chi connectivity index (χ4n) is 2.35. The van der Waals surface area contributed by atoms with Crippen molar-refractivity contribution in [2.75, 3.05) is 0 Å². The average Bonchev–Trinajstić information content (AvgIpc) is 2.64. The molecule has 0 spiro atoms. The molecule has 0 radical (unpaired) electrons. The predicted octanol–water partition coefficient (Wildman–Crippen LogP) is 6.09. The molecule has 0 bridgehead atoms. The van der Waals surface area contributed by atoms with Gasteiger partial charge in [-0.25, -0.2) is 0 Å². The van der Waals surface area contributed by atoms with Crippen molar-refractivity contribution in [1.82, 2.24) is 0 Å². The lowest BCUT2D eigenvalue weighted by Crippen LogP contribution is -2.21. The number of hydrogen-bond acceptors (Lipinski definition) is 3. The lowest BCUT2D eigenvalue weighted by Gasteiger charge is -2.12. The Labute approximate surface area is 168 Å². The van der Waals surface area contributed by atoms with E-state index >= 15 is 0 Å². The van der Waals surface area contributed by atoms with Crippen molar-refractivity contribution >= 4 is 41.4 Å². The summed E-state index contributed by atoms with van der Waals surface area (Å²) in [6.07, 6.45) is 0. The molecule has 6 heteroatoms. The van der Waals surface area contributed by atoms with Crippen LogP contribution < -0.4 is 10.5 Å². The van der Waals surface area contributed by atoms with E-state index in [1.54, 1.807) is 42.5 Å². The van der Waals surface area contributed by atoms with E-state index in [0.29, 0.717) is 26.9 Å². The van der Waals surface area contributed by atoms with Crippen LogP contribution in [0.1, 0.15) is 22.0 Å². The number of Topliss-reactive ketones (excluding diaryl/α,β-unsaturated/α-hetero) is 1. The van der Waals surface area contributed by atoms with Gasteiger partial charge in [0, 0.05) is 5.56 Å². The highest BCUT2D eigenvalue weighted by atomic mass is 35.5. The van der Waals surface area contributed by atoms with Gasteiger partial charge in [-0.15, -0.1) is 12.4 Å². The smallest absolute Gasteiger partial charge is 0.184 e. The van der Waals surface area contributed by atoms with Crippen LogP contribution in [0.15, 0.2) is 72.8 Å². The molecule has 3 nitrogen and oxygen atoms in total. The zero-order valence-electron chi connectivity index (χ0n) is 13.6. The van der Waals surface area contributed by atoms with Crippen LogP contribution in [0.25, 0.3) is 0 Å². The fraction of sp³-hybridized carbons (Fsp3) is 0.0500. The van der Waals surface area contributed by atoms with E-state index in [1.807, 2.05) is 30.3 Å². The van der Waals surface area contributed by atoms with Gasteiger partial charge in [0.25, 0.3) is 0 Å². The lowest BCUT2D eigenvalue weighted by atomic mass is 9.98. The van der Waals surface area contributed by atoms with Crippen molar-refractivity contribution in [1.29, 1.82) is 0 Å². The molecule has 0 amide bonds. The molecule has 2 N–H and O–H groups in total. The molecule has 3 aromatic rings. The van der Waals surface area contributed by atoms with Crippen molar-refractivity contribution < 1.29 is 9.53 Å². The van der Waals surface area contributed by atoms with Crippen LogP contribution in [-0.4, -0.2) is 5.78 Å². The molecule has 0 fully saturated rings. The minimum absolute atomic E-state index is 0. The Bertz CT molecular complexity index is 883. The summed E-state index contributed by atoms with van der Waals surface area (Å²) < 4.78 is 5.71. The summed E-state index contributed by atoms with van der Waals surface area (Å²) in [5.41, 5.74) is 7.18. The summed E-state index contributed by atoms with van der Waals surface area (Å²) in [5.74, 6) is 1.17. The van der Waals surface area contributed by atoms with Gasteiger partial charge in [-0.3, -0.25) is 4.79 Å². The number of rotatable bonds is 5. The SMILES string of the molecule is Cl.NC(C(=O)c1ccc(Oc2ccccc2)cc1)c1ccc(Cl)c(Cl)c1. The molecule has 26 heavy (non-hydrogen) atoms. The van der Waals surface area contributed by atoms with Gasteiger partial charge in [0.1, 0.15) is 11.5 Å². The number of carbonyl (C=O) groups is 1. The van der Waals surface area contributed by atoms with E-state index in [4.69, 9.17) is 33.7 Å². The molecule has 0 saturated heterocycles. The van der Waals surface area contributed by atoms with Crippen LogP contribution in [-0.2, 0) is 0 Å². The fourth-order valence-corrected chi connectivity index (χ4v) is 2.66. The largest absolute Gasteiger partial charge is 0.457 e. The molecular formula is C20H16Cl3NO2. The van der Waals surface area contributed by atoms with Gasteiger partial charge >= 0.3 is 0 Å². The van der Waals surface area contributed by atoms with E-state index in [2.05, 4.69) is 0 Å². The van der Waals surface area contributed by atoms with Gasteiger partial charge in [-0.1, -0.05) is 47.5 Å². The van der Waals surface area contributed by atoms with Crippen LogP contribution in [0.5, 0.6) is 11.5 Å². The third kappa shape index (κ3) is 4.77. The molecule has 3 rings (SSSR count). The molecule has 0 aliphatic rings. The lowest BCUT2D eigenvalue weighted by molar-refractivity contribution is 0.0961. The van der Waals surface area contributed by atoms with E-state index in [0.717, 1.165) is 5.75 Å². The summed E-state index contributed by atoms with van der Waals surface area (Å²) in [4.78, 5) is 12.6. The quantitative estimate of drug-likeness (QED) is 0.520. The van der Waals surface area contributed by atoms with Crippen molar-refractivity contribution in [3.63, 3.8) is 0 Å². The minimum atomic E-state index is -0.810. The third-order valence-corrected chi connectivity index (χ3v) is 4.44. The number of para-hydroxylation sites is 1. The van der Waals surface area contributed by atoms with Crippen molar-refractivity contribution in [2.24, 2.45) is 5.73 Å². The number of benzene rings is 3. The van der Waals surface area contributed by atoms with Crippen LogP contribution in [0.3, 0.4) is 0 Å². The standard InChI is InChI=1S/C20H15Cl2NO2.ClH/c21-17-11-8-14(12-18(17)22)19(23)20(24)13-6-9-16(10-7-13)25-15-4-2-1-3-5-15;/h1-12,19H,23H2;1H. The maximum atomic E-state index is 12.6. The van der Waals surface area contributed by atoms with Crippen LogP contribution >= 0.6 is 35.6 Å². The van der Waals surface area contributed by atoms with Gasteiger partial charge in [0.05, 0.1) is 16.1 Å². The molecule has 1 unspecified atom stereocenters. The highest BCUT2D eigenvalue weighted by Gasteiger charge is 2.18. The second kappa shape index (κ2) is 9.06. The van der Waals surface area contributed by atoms with Gasteiger partial charge in [0.2, 0.25) is 0 Å². The zero-order chi connectivity index (χ0) is 17.8. The molecule has 0 aliphatic carbocycles. The Morgan fingerprint density at radius 2 is 1.46 bits per heavy atom. The topological polar surface area (TPSA) is 52.3 Å². The Morgan fingerprint density at radius 3 is 2.08 bits per heavy atom. The van der Waals surface area contributed by atoms with Crippen LogP contribution in [0.4, 0.5) is 0 Å². The number of halogens is 3. The Morgan fingerprint density at radius 1 is 0.846 bits per heavy atom. The number of nitrogens with two attached hydrogens (primary N) is 1. The van der Waals surface area contributed by atoms with Crippen LogP contribution in [0, 0.1) is 0 Å². The summed E-state index contributed by atoms with van der Waals surface area (Å²) in [6.45, 7) is 0. The number of carbonyl (C=O) groups excluding carboxylic acids is 1. The van der Waals surface area contributed by atoms with Crippen molar-refractivity contribution in [2.45, 2.75) is 6.04 Å². The number of ketones is 1. The molecule has 1 atom stereocenters. The molecule has 0 saturated carbocycles. The first-order valence-electron chi connectivity index (χ1n) is 7.62. The Balaban J connectivity index is 0.00000243. The Hall–Kier alpha value is -2.04. The van der Waals surface area contributed by atoms with E-state index in [1.165, 1.54) is 0 Å². The van der Waals surface area contributed by atoms with Gasteiger partial charge < -0.3 is 10.5 Å². The maximum Gasteiger partial charge on any atom is 0.184 e. The molecule has 134 valence electrons. The monoisotopic (exact) mass is 407 g/mol. The van der Waals surface area contributed by atoms with Gasteiger partial charge in [0.15, 0.2) is 5.78 Å². The number of ether oxygens (including phenoxy) is 1. The molecule has 3 aromatic carbocycles. The highest BCUT2D eigenvalue weighted by molar-refractivity contribution is 6.42. The summed E-state index contributed by atoms with van der Waals surface area (Å²) in [5, 5.41) is 0.793. The first-order chi connectivity index (χ1) is 12.0. The van der Waals surface area contributed by atoms with Crippen molar-refractivity contribution in [3.8, 4) is 11.5 Å². The maximum absolute atomic E-state index is 12.6.